The summed E-state index contributed by atoms with van der Waals surface area (Å²) >= 11 is 0. The van der Waals surface area contributed by atoms with Crippen LogP contribution < -0.4 is 16.0 Å². The molecule has 4 heterocycles. The lowest BCUT2D eigenvalue weighted by Crippen LogP contribution is -2.44. The Morgan fingerprint density at radius 2 is 2.29 bits per heavy atom. The number of carbonyl (C=O) groups excluding carboxylic acids is 2. The van der Waals surface area contributed by atoms with Gasteiger partial charge >= 0.3 is 0 Å². The van der Waals surface area contributed by atoms with Crippen LogP contribution in [-0.4, -0.2) is 55.6 Å². The third-order valence-electron chi connectivity index (χ3n) is 4.84. The van der Waals surface area contributed by atoms with E-state index in [1.165, 1.54) is 6.08 Å². The van der Waals surface area contributed by atoms with Gasteiger partial charge in [0.2, 0.25) is 11.9 Å². The maximum Gasteiger partial charge on any atom is 0.257 e. The van der Waals surface area contributed by atoms with Gasteiger partial charge in [0.1, 0.15) is 11.4 Å². The van der Waals surface area contributed by atoms with E-state index in [0.717, 1.165) is 25.1 Å². The number of fused-ring (bicyclic) bond motifs is 1. The van der Waals surface area contributed by atoms with Gasteiger partial charge < -0.3 is 20.9 Å². The van der Waals surface area contributed by atoms with Crippen molar-refractivity contribution in [3.8, 4) is 0 Å². The highest BCUT2D eigenvalue weighted by Gasteiger charge is 2.28. The van der Waals surface area contributed by atoms with Gasteiger partial charge in [-0.3, -0.25) is 14.3 Å². The number of anilines is 3. The molecule has 2 aliphatic rings. The van der Waals surface area contributed by atoms with Crippen molar-refractivity contribution in [3.05, 3.63) is 36.3 Å². The van der Waals surface area contributed by atoms with Crippen LogP contribution >= 0.6 is 0 Å². The molecule has 10 nitrogen and oxygen atoms in total. The van der Waals surface area contributed by atoms with Crippen molar-refractivity contribution in [3.63, 3.8) is 0 Å². The molecule has 0 spiro atoms. The second-order valence-electron chi connectivity index (χ2n) is 6.90. The Kier molecular flexibility index (Phi) is 4.68. The number of carbonyl (C=O) groups is 2. The standard InChI is InChI=1S/C18H22N8O2/c1-3-14(27)26-6-4-5-11(10-26)22-18-23-13-8-19-17(28)15(13)16(24-18)21-12-7-20-25(2)9-12/h3,7,9,11H,1,4-6,8,10H2,2H3,(H,19,28)(H2,21,22,23,24). The molecule has 2 amide bonds. The molecule has 10 heteroatoms. The average molecular weight is 382 g/mol. The number of hydrogen-bond acceptors (Lipinski definition) is 7. The molecule has 1 unspecified atom stereocenters. The van der Waals surface area contributed by atoms with Crippen LogP contribution in [0.5, 0.6) is 0 Å². The Morgan fingerprint density at radius 1 is 1.43 bits per heavy atom. The fourth-order valence-electron chi connectivity index (χ4n) is 3.51. The molecule has 2 aliphatic heterocycles. The van der Waals surface area contributed by atoms with Gasteiger partial charge in [-0.15, -0.1) is 0 Å². The minimum Gasteiger partial charge on any atom is -0.350 e. The smallest absolute Gasteiger partial charge is 0.257 e. The van der Waals surface area contributed by atoms with Gasteiger partial charge in [-0.05, 0) is 18.9 Å². The summed E-state index contributed by atoms with van der Waals surface area (Å²) in [6.07, 6.45) is 6.59. The lowest BCUT2D eigenvalue weighted by atomic mass is 10.1. The maximum atomic E-state index is 12.2. The summed E-state index contributed by atoms with van der Waals surface area (Å²) in [5.74, 6) is 0.591. The van der Waals surface area contributed by atoms with E-state index in [4.69, 9.17) is 0 Å². The van der Waals surface area contributed by atoms with E-state index in [9.17, 15) is 9.59 Å². The first-order valence-electron chi connectivity index (χ1n) is 9.16. The molecule has 1 atom stereocenters. The number of likely N-dealkylation sites (tertiary alicyclic amines) is 1. The summed E-state index contributed by atoms with van der Waals surface area (Å²) < 4.78 is 1.66. The Balaban J connectivity index is 1.58. The van der Waals surface area contributed by atoms with Crippen molar-refractivity contribution in [2.24, 2.45) is 7.05 Å². The number of hydrogen-bond donors (Lipinski definition) is 3. The Bertz CT molecular complexity index is 938. The summed E-state index contributed by atoms with van der Waals surface area (Å²) in [7, 11) is 1.81. The molecular weight excluding hydrogens is 360 g/mol. The molecule has 2 aromatic heterocycles. The van der Waals surface area contributed by atoms with Crippen LogP contribution in [0.3, 0.4) is 0 Å². The quantitative estimate of drug-likeness (QED) is 0.654. The molecule has 146 valence electrons. The molecular formula is C18H22N8O2. The second kappa shape index (κ2) is 7.29. The fourth-order valence-corrected chi connectivity index (χ4v) is 3.51. The third kappa shape index (κ3) is 3.53. The lowest BCUT2D eigenvalue weighted by molar-refractivity contribution is -0.127. The van der Waals surface area contributed by atoms with Gasteiger partial charge in [0.25, 0.3) is 5.91 Å². The van der Waals surface area contributed by atoms with Crippen molar-refractivity contribution in [1.29, 1.82) is 0 Å². The number of rotatable bonds is 5. The SMILES string of the molecule is C=CC(=O)N1CCCC(Nc2nc3c(c(Nc4cnn(C)c4)n2)C(=O)NC3)C1. The highest BCUT2D eigenvalue weighted by Crippen LogP contribution is 2.26. The first-order valence-corrected chi connectivity index (χ1v) is 9.16. The van der Waals surface area contributed by atoms with Gasteiger partial charge in [-0.1, -0.05) is 6.58 Å². The first-order chi connectivity index (χ1) is 13.5. The number of nitrogens with zero attached hydrogens (tertiary/aromatic N) is 5. The fraction of sp³-hybridized carbons (Fsp3) is 0.389. The van der Waals surface area contributed by atoms with E-state index in [0.29, 0.717) is 36.1 Å². The largest absolute Gasteiger partial charge is 0.350 e. The summed E-state index contributed by atoms with van der Waals surface area (Å²) in [6.45, 7) is 5.20. The Hall–Kier alpha value is -3.43. The van der Waals surface area contributed by atoms with Gasteiger partial charge in [0, 0.05) is 32.4 Å². The predicted molar refractivity (Wildman–Crippen MR) is 103 cm³/mol. The third-order valence-corrected chi connectivity index (χ3v) is 4.84. The summed E-state index contributed by atoms with van der Waals surface area (Å²) in [4.78, 5) is 34.9. The molecule has 4 rings (SSSR count). The van der Waals surface area contributed by atoms with E-state index in [-0.39, 0.29) is 17.9 Å². The van der Waals surface area contributed by atoms with Crippen LogP contribution in [0.15, 0.2) is 25.0 Å². The van der Waals surface area contributed by atoms with Gasteiger partial charge in [-0.25, -0.2) is 4.98 Å². The monoisotopic (exact) mass is 382 g/mol. The normalized spacial score (nSPS) is 18.4. The van der Waals surface area contributed by atoms with Crippen LogP contribution in [0, 0.1) is 0 Å². The zero-order chi connectivity index (χ0) is 19.7. The molecule has 0 aliphatic carbocycles. The van der Waals surface area contributed by atoms with E-state index < -0.39 is 0 Å². The lowest BCUT2D eigenvalue weighted by Gasteiger charge is -2.32. The summed E-state index contributed by atoms with van der Waals surface area (Å²) in [5, 5.41) is 13.4. The van der Waals surface area contributed by atoms with Crippen LogP contribution in [-0.2, 0) is 18.4 Å². The maximum absolute atomic E-state index is 12.2. The number of aryl methyl sites for hydroxylation is 1. The molecule has 0 saturated carbocycles. The Morgan fingerprint density at radius 3 is 3.04 bits per heavy atom. The summed E-state index contributed by atoms with van der Waals surface area (Å²) in [6, 6.07) is 0.0343. The molecule has 1 saturated heterocycles. The highest BCUT2D eigenvalue weighted by molar-refractivity contribution is 6.02. The minimum absolute atomic E-state index is 0.0343. The van der Waals surface area contributed by atoms with Crippen LogP contribution in [0.4, 0.5) is 17.5 Å². The zero-order valence-corrected chi connectivity index (χ0v) is 15.6. The number of piperidine rings is 1. The van der Waals surface area contributed by atoms with Gasteiger partial charge in [-0.2, -0.15) is 10.1 Å². The number of aromatic nitrogens is 4. The van der Waals surface area contributed by atoms with Crippen molar-refractivity contribution >= 4 is 29.3 Å². The van der Waals surface area contributed by atoms with E-state index >= 15 is 0 Å². The van der Waals surface area contributed by atoms with Crippen LogP contribution in [0.2, 0.25) is 0 Å². The van der Waals surface area contributed by atoms with Crippen LogP contribution in [0.1, 0.15) is 28.9 Å². The van der Waals surface area contributed by atoms with Crippen molar-refractivity contribution < 1.29 is 9.59 Å². The molecule has 0 radical (unpaired) electrons. The molecule has 0 aromatic carbocycles. The van der Waals surface area contributed by atoms with E-state index in [2.05, 4.69) is 37.6 Å². The number of amides is 2. The van der Waals surface area contributed by atoms with Crippen molar-refractivity contribution in [2.75, 3.05) is 23.7 Å². The van der Waals surface area contributed by atoms with Crippen LogP contribution in [0.25, 0.3) is 0 Å². The van der Waals surface area contributed by atoms with Crippen molar-refractivity contribution in [2.45, 2.75) is 25.4 Å². The summed E-state index contributed by atoms with van der Waals surface area (Å²) in [5.41, 5.74) is 1.82. The van der Waals surface area contributed by atoms with Gasteiger partial charge in [0.15, 0.2) is 0 Å². The predicted octanol–water partition coefficient (Wildman–Crippen LogP) is 0.786. The first kappa shape index (κ1) is 18.0. The number of nitrogens with one attached hydrogen (secondary N) is 3. The molecule has 28 heavy (non-hydrogen) atoms. The molecule has 2 aromatic rings. The van der Waals surface area contributed by atoms with E-state index in [1.54, 1.807) is 22.0 Å². The zero-order valence-electron chi connectivity index (χ0n) is 15.6. The molecule has 3 N–H and O–H groups in total. The van der Waals surface area contributed by atoms with E-state index in [1.807, 2.05) is 7.05 Å². The highest BCUT2D eigenvalue weighted by atomic mass is 16.2. The van der Waals surface area contributed by atoms with Crippen molar-refractivity contribution in [1.82, 2.24) is 30.0 Å². The Labute approximate surface area is 162 Å². The molecule has 0 bridgehead atoms. The second-order valence-corrected chi connectivity index (χ2v) is 6.90. The topological polar surface area (TPSA) is 117 Å². The average Bonchev–Trinajstić information content (AvgIpc) is 3.27. The molecule has 1 fully saturated rings. The minimum atomic E-state index is -0.201. The van der Waals surface area contributed by atoms with Gasteiger partial charge in [0.05, 0.1) is 24.1 Å².